The third-order valence-electron chi connectivity index (χ3n) is 3.37. The van der Waals surface area contributed by atoms with Crippen LogP contribution in [0.15, 0.2) is 23.1 Å². The largest absolute Gasteiger partial charge is 0.545 e. The monoisotopic (exact) mass is 304 g/mol. The van der Waals surface area contributed by atoms with E-state index in [1.807, 2.05) is 13.8 Å². The van der Waals surface area contributed by atoms with Crippen molar-refractivity contribution >= 4 is 16.7 Å². The number of carboxylic acid groups (broad SMARTS) is 1. The summed E-state index contributed by atoms with van der Waals surface area (Å²) >= 11 is 0. The van der Waals surface area contributed by atoms with Gasteiger partial charge in [-0.15, -0.1) is 0 Å². The number of hydrogen-bond acceptors (Lipinski definition) is 5. The summed E-state index contributed by atoms with van der Waals surface area (Å²) in [5.74, 6) is -0.406. The first kappa shape index (κ1) is 15.9. The molecular formula is C16H18NO5-. The van der Waals surface area contributed by atoms with E-state index in [2.05, 4.69) is 0 Å². The Hall–Kier alpha value is -2.50. The van der Waals surface area contributed by atoms with E-state index in [0.29, 0.717) is 18.0 Å². The molecule has 2 rings (SSSR count). The Bertz CT molecular complexity index is 776. The Morgan fingerprint density at radius 1 is 1.18 bits per heavy atom. The van der Waals surface area contributed by atoms with Gasteiger partial charge in [-0.25, -0.2) is 0 Å². The Morgan fingerprint density at radius 3 is 2.18 bits per heavy atom. The molecule has 0 bridgehead atoms. The van der Waals surface area contributed by atoms with Crippen molar-refractivity contribution in [3.05, 3.63) is 34.2 Å². The van der Waals surface area contributed by atoms with Crippen molar-refractivity contribution < 1.29 is 19.4 Å². The van der Waals surface area contributed by atoms with Gasteiger partial charge in [-0.1, -0.05) is 13.8 Å². The van der Waals surface area contributed by atoms with Crippen molar-refractivity contribution in [1.82, 2.24) is 4.57 Å². The Labute approximate surface area is 127 Å². The van der Waals surface area contributed by atoms with Crippen LogP contribution in [0, 0.1) is 5.92 Å². The predicted molar refractivity (Wildman–Crippen MR) is 80.5 cm³/mol. The van der Waals surface area contributed by atoms with E-state index in [9.17, 15) is 14.7 Å². The van der Waals surface area contributed by atoms with Crippen LogP contribution in [0.25, 0.3) is 10.8 Å². The van der Waals surface area contributed by atoms with E-state index in [-0.39, 0.29) is 27.8 Å². The molecule has 6 heteroatoms. The lowest BCUT2D eigenvalue weighted by atomic mass is 10.1. The van der Waals surface area contributed by atoms with Crippen molar-refractivity contribution in [3.63, 3.8) is 0 Å². The van der Waals surface area contributed by atoms with Crippen LogP contribution in [-0.4, -0.2) is 24.8 Å². The van der Waals surface area contributed by atoms with Crippen LogP contribution in [0.5, 0.6) is 11.5 Å². The zero-order valence-corrected chi connectivity index (χ0v) is 13.0. The molecule has 0 amide bonds. The number of nitrogens with zero attached hydrogens (tertiary/aromatic N) is 1. The summed E-state index contributed by atoms with van der Waals surface area (Å²) in [6.07, 6.45) is 1.33. The van der Waals surface area contributed by atoms with Gasteiger partial charge >= 0.3 is 0 Å². The fourth-order valence-corrected chi connectivity index (χ4v) is 2.41. The van der Waals surface area contributed by atoms with Gasteiger partial charge in [0.05, 0.1) is 25.6 Å². The molecule has 0 spiro atoms. The minimum Gasteiger partial charge on any atom is -0.545 e. The maximum absolute atomic E-state index is 12.6. The van der Waals surface area contributed by atoms with Crippen molar-refractivity contribution in [2.75, 3.05) is 14.2 Å². The molecule has 22 heavy (non-hydrogen) atoms. The first-order chi connectivity index (χ1) is 10.4. The van der Waals surface area contributed by atoms with E-state index in [0.717, 1.165) is 0 Å². The minimum absolute atomic E-state index is 0.0452. The summed E-state index contributed by atoms with van der Waals surface area (Å²) in [4.78, 5) is 24.0. The van der Waals surface area contributed by atoms with Crippen LogP contribution in [0.4, 0.5) is 0 Å². The van der Waals surface area contributed by atoms with Crippen molar-refractivity contribution in [2.24, 2.45) is 5.92 Å². The molecule has 0 atom stereocenters. The summed E-state index contributed by atoms with van der Waals surface area (Å²) in [5.41, 5.74) is -0.314. The number of benzene rings is 1. The van der Waals surface area contributed by atoms with Gasteiger partial charge < -0.3 is 23.9 Å². The lowest BCUT2D eigenvalue weighted by Crippen LogP contribution is -2.28. The van der Waals surface area contributed by atoms with E-state index >= 15 is 0 Å². The van der Waals surface area contributed by atoms with Crippen LogP contribution >= 0.6 is 0 Å². The zero-order valence-electron chi connectivity index (χ0n) is 13.0. The molecule has 1 aromatic heterocycles. The van der Waals surface area contributed by atoms with Crippen molar-refractivity contribution in [2.45, 2.75) is 20.4 Å². The number of aromatic carboxylic acids is 1. The standard InChI is InChI=1S/C16H19NO5/c1-9(2)7-17-8-12(16(19)20)10-5-13(21-3)14(22-4)6-11(10)15(17)18/h5-6,8-9H,7H2,1-4H3,(H,19,20)/p-1. The molecule has 0 saturated heterocycles. The quantitative estimate of drug-likeness (QED) is 0.824. The molecule has 6 nitrogen and oxygen atoms in total. The number of methoxy groups -OCH3 is 2. The van der Waals surface area contributed by atoms with E-state index in [1.54, 1.807) is 0 Å². The summed E-state index contributed by atoms with van der Waals surface area (Å²) in [7, 11) is 2.90. The normalized spacial score (nSPS) is 11.0. The summed E-state index contributed by atoms with van der Waals surface area (Å²) in [5, 5.41) is 12.0. The van der Waals surface area contributed by atoms with Crippen LogP contribution < -0.4 is 20.1 Å². The highest BCUT2D eigenvalue weighted by Gasteiger charge is 2.15. The number of carbonyl (C=O) groups excluding carboxylic acids is 1. The van der Waals surface area contributed by atoms with Crippen LogP contribution in [0.1, 0.15) is 24.2 Å². The Kier molecular flexibility index (Phi) is 4.40. The average molecular weight is 304 g/mol. The number of pyridine rings is 1. The van der Waals surface area contributed by atoms with Crippen LogP contribution in [0.2, 0.25) is 0 Å². The SMILES string of the molecule is COc1cc2c(C(=O)[O-])cn(CC(C)C)c(=O)c2cc1OC. The lowest BCUT2D eigenvalue weighted by Gasteiger charge is -2.16. The molecule has 0 saturated carbocycles. The second-order valence-corrected chi connectivity index (χ2v) is 5.43. The third-order valence-corrected chi connectivity index (χ3v) is 3.37. The number of fused-ring (bicyclic) bond motifs is 1. The number of ether oxygens (including phenoxy) is 2. The zero-order chi connectivity index (χ0) is 16.4. The maximum Gasteiger partial charge on any atom is 0.258 e. The topological polar surface area (TPSA) is 80.6 Å². The maximum atomic E-state index is 12.6. The number of carbonyl (C=O) groups is 1. The van der Waals surface area contributed by atoms with Gasteiger partial charge in [0, 0.05) is 23.7 Å². The van der Waals surface area contributed by atoms with Crippen molar-refractivity contribution in [1.29, 1.82) is 0 Å². The van der Waals surface area contributed by atoms with Crippen LogP contribution in [0.3, 0.4) is 0 Å². The third kappa shape index (κ3) is 2.77. The van der Waals surface area contributed by atoms with Crippen molar-refractivity contribution in [3.8, 4) is 11.5 Å². The molecule has 2 aromatic rings. The molecule has 1 heterocycles. The highest BCUT2D eigenvalue weighted by molar-refractivity contribution is 6.03. The number of rotatable bonds is 5. The molecule has 0 aliphatic rings. The van der Waals surface area contributed by atoms with Gasteiger partial charge in [-0.3, -0.25) is 4.79 Å². The number of hydrogen-bond donors (Lipinski definition) is 0. The summed E-state index contributed by atoms with van der Waals surface area (Å²) in [6.45, 7) is 4.32. The molecule has 0 unspecified atom stereocenters. The highest BCUT2D eigenvalue weighted by Crippen LogP contribution is 2.32. The lowest BCUT2D eigenvalue weighted by molar-refractivity contribution is -0.254. The van der Waals surface area contributed by atoms with Crippen LogP contribution in [-0.2, 0) is 6.54 Å². The molecule has 0 aliphatic heterocycles. The smallest absolute Gasteiger partial charge is 0.258 e. The Morgan fingerprint density at radius 2 is 1.73 bits per heavy atom. The first-order valence-corrected chi connectivity index (χ1v) is 6.89. The van der Waals surface area contributed by atoms with E-state index in [1.165, 1.54) is 37.1 Å². The highest BCUT2D eigenvalue weighted by atomic mass is 16.5. The molecular weight excluding hydrogens is 286 g/mol. The van der Waals surface area contributed by atoms with E-state index < -0.39 is 5.97 Å². The van der Waals surface area contributed by atoms with E-state index in [4.69, 9.17) is 9.47 Å². The van der Waals surface area contributed by atoms with Gasteiger partial charge in [0.25, 0.3) is 5.56 Å². The molecule has 0 aliphatic carbocycles. The molecule has 1 aromatic carbocycles. The number of carboxylic acids is 1. The molecule has 0 radical (unpaired) electrons. The minimum atomic E-state index is -1.34. The predicted octanol–water partition coefficient (Wildman–Crippen LogP) is 1.04. The first-order valence-electron chi connectivity index (χ1n) is 6.89. The van der Waals surface area contributed by atoms with Gasteiger partial charge in [-0.05, 0) is 18.1 Å². The fraction of sp³-hybridized carbons (Fsp3) is 0.375. The second kappa shape index (κ2) is 6.09. The van der Waals surface area contributed by atoms with Gasteiger partial charge in [-0.2, -0.15) is 0 Å². The van der Waals surface area contributed by atoms with Gasteiger partial charge in [0.2, 0.25) is 0 Å². The van der Waals surface area contributed by atoms with Gasteiger partial charge in [0.1, 0.15) is 0 Å². The Balaban J connectivity index is 2.87. The fourth-order valence-electron chi connectivity index (χ4n) is 2.41. The second-order valence-electron chi connectivity index (χ2n) is 5.43. The molecule has 0 N–H and O–H groups in total. The molecule has 118 valence electrons. The molecule has 0 fully saturated rings. The summed E-state index contributed by atoms with van der Waals surface area (Å²) in [6, 6.07) is 2.99. The number of aromatic nitrogens is 1. The average Bonchev–Trinajstić information content (AvgIpc) is 2.48. The summed E-state index contributed by atoms with van der Waals surface area (Å²) < 4.78 is 11.7. The van der Waals surface area contributed by atoms with Gasteiger partial charge in [0.15, 0.2) is 11.5 Å².